The largest absolute Gasteiger partial charge is 0.466 e. The molecule has 4 aliphatic rings. The lowest BCUT2D eigenvalue weighted by molar-refractivity contribution is -0.361. The average molecular weight is 733 g/mol. The normalized spacial score (nSPS) is 32.9. The van der Waals surface area contributed by atoms with E-state index in [1.807, 2.05) is 13.8 Å². The van der Waals surface area contributed by atoms with Gasteiger partial charge in [-0.2, -0.15) is 34.8 Å². The summed E-state index contributed by atoms with van der Waals surface area (Å²) in [6.45, 7) is 5.36. The highest BCUT2D eigenvalue weighted by molar-refractivity contribution is 7.85. The van der Waals surface area contributed by atoms with E-state index in [4.69, 9.17) is 9.29 Å². The highest BCUT2D eigenvalue weighted by Gasteiger charge is 2.76. The molecule has 10 nitrogen and oxygen atoms in total. The molecule has 0 saturated heterocycles. The second kappa shape index (κ2) is 13.5. The van der Waals surface area contributed by atoms with E-state index in [2.05, 4.69) is 11.7 Å². The number of carbonyl (C=O) groups is 5. The highest BCUT2D eigenvalue weighted by Crippen LogP contribution is 2.66. The SMILES string of the molecule is CC(CCC(=O)OCCCC(=O)OC(CS(=O)(=O)O)(C(F)(F)F)C(F)(F)F)C1CCC2C3C(=O)CC4CC(=O)CCC4(C)C3CC(=O)C12C. The molecule has 0 spiro atoms. The number of rotatable bonds is 11. The van der Waals surface area contributed by atoms with Crippen LogP contribution in [0.2, 0.25) is 0 Å². The Morgan fingerprint density at radius 1 is 0.939 bits per heavy atom. The summed E-state index contributed by atoms with van der Waals surface area (Å²) in [6, 6.07) is 0. The van der Waals surface area contributed by atoms with Crippen LogP contribution < -0.4 is 0 Å². The summed E-state index contributed by atoms with van der Waals surface area (Å²) >= 11 is 0. The molecule has 0 aromatic carbocycles. The van der Waals surface area contributed by atoms with Gasteiger partial charge in [-0.25, -0.2) is 0 Å². The van der Waals surface area contributed by atoms with Crippen LogP contribution in [0.3, 0.4) is 0 Å². The molecule has 0 bridgehead atoms. The highest BCUT2D eigenvalue weighted by atomic mass is 32.2. The summed E-state index contributed by atoms with van der Waals surface area (Å²) in [5, 5.41) is 0. The van der Waals surface area contributed by atoms with Crippen molar-refractivity contribution in [2.75, 3.05) is 12.4 Å². The zero-order valence-electron chi connectivity index (χ0n) is 27.5. The Bertz CT molecular complexity index is 1440. The van der Waals surface area contributed by atoms with Gasteiger partial charge < -0.3 is 9.47 Å². The van der Waals surface area contributed by atoms with Crippen LogP contribution in [0.5, 0.6) is 0 Å². The molecule has 0 heterocycles. The first-order valence-corrected chi connectivity index (χ1v) is 18.0. The van der Waals surface area contributed by atoms with Gasteiger partial charge in [0.15, 0.2) is 0 Å². The van der Waals surface area contributed by atoms with E-state index in [9.17, 15) is 58.7 Å². The molecule has 4 saturated carbocycles. The first kappa shape index (κ1) is 39.2. The van der Waals surface area contributed by atoms with E-state index < -0.39 is 70.6 Å². The Hall–Kier alpha value is -2.56. The maximum absolute atomic E-state index is 13.9. The first-order chi connectivity index (χ1) is 22.4. The van der Waals surface area contributed by atoms with Crippen molar-refractivity contribution in [3.05, 3.63) is 0 Å². The van der Waals surface area contributed by atoms with E-state index in [1.165, 1.54) is 0 Å². The number of ether oxygens (including phenoxy) is 2. The number of hydrogen-bond acceptors (Lipinski definition) is 9. The zero-order valence-corrected chi connectivity index (χ0v) is 28.3. The van der Waals surface area contributed by atoms with Crippen LogP contribution in [0.1, 0.15) is 91.4 Å². The lowest BCUT2D eigenvalue weighted by Gasteiger charge is -2.58. The maximum atomic E-state index is 13.9. The van der Waals surface area contributed by atoms with Gasteiger partial charge in [-0.15, -0.1) is 0 Å². The Morgan fingerprint density at radius 2 is 1.57 bits per heavy atom. The van der Waals surface area contributed by atoms with Gasteiger partial charge in [0.2, 0.25) is 0 Å². The van der Waals surface area contributed by atoms with Crippen LogP contribution in [0, 0.1) is 46.3 Å². The minimum atomic E-state index is -6.44. The summed E-state index contributed by atoms with van der Waals surface area (Å²) in [7, 11) is -5.91. The number of alkyl halides is 6. The van der Waals surface area contributed by atoms with Crippen LogP contribution in [-0.4, -0.2) is 72.6 Å². The Balaban J connectivity index is 1.30. The molecule has 49 heavy (non-hydrogen) atoms. The molecule has 0 aromatic rings. The molecule has 4 aliphatic carbocycles. The quantitative estimate of drug-likeness (QED) is 0.123. The topological polar surface area (TPSA) is 158 Å². The van der Waals surface area contributed by atoms with Gasteiger partial charge in [-0.1, -0.05) is 20.8 Å². The molecular weight excluding hydrogens is 690 g/mol. The number of carbonyl (C=O) groups excluding carboxylic acids is 5. The van der Waals surface area contributed by atoms with Crippen LogP contribution in [-0.2, 0) is 43.6 Å². The lowest BCUT2D eigenvalue weighted by atomic mass is 9.44. The monoisotopic (exact) mass is 732 g/mol. The van der Waals surface area contributed by atoms with Crippen molar-refractivity contribution in [2.24, 2.45) is 46.3 Å². The molecule has 1 N–H and O–H groups in total. The Labute approximate surface area is 280 Å². The standard InChI is InChI=1S/C32H42F6O10S/c1-17(6-9-25(42)47-12-4-5-26(43)48-30(31(33,34)35,32(36,37)38)16-49(44,45)46)20-7-8-21-27-22(15-24(41)29(20,21)3)28(2)11-10-19(39)13-18(28)14-23(27)40/h17-18,20-22,27H,4-16H2,1-3H3,(H,44,45,46). The van der Waals surface area contributed by atoms with Crippen LogP contribution in [0.4, 0.5) is 26.3 Å². The number of hydrogen-bond donors (Lipinski definition) is 1. The maximum Gasteiger partial charge on any atom is 0.438 e. The van der Waals surface area contributed by atoms with E-state index >= 15 is 0 Å². The average Bonchev–Trinajstić information content (AvgIpc) is 3.31. The predicted molar refractivity (Wildman–Crippen MR) is 157 cm³/mol. The van der Waals surface area contributed by atoms with Crippen molar-refractivity contribution >= 4 is 39.4 Å². The minimum Gasteiger partial charge on any atom is -0.466 e. The number of ketones is 3. The van der Waals surface area contributed by atoms with Crippen LogP contribution in [0.15, 0.2) is 0 Å². The third-order valence-corrected chi connectivity index (χ3v) is 12.9. The summed E-state index contributed by atoms with van der Waals surface area (Å²) in [4.78, 5) is 64.0. The van der Waals surface area contributed by atoms with Gasteiger partial charge in [-0.05, 0) is 67.1 Å². The van der Waals surface area contributed by atoms with E-state index in [-0.39, 0.29) is 71.1 Å². The van der Waals surface area contributed by atoms with E-state index in [0.29, 0.717) is 44.9 Å². The fourth-order valence-electron chi connectivity index (χ4n) is 9.38. The molecule has 8 unspecified atom stereocenters. The number of esters is 2. The lowest BCUT2D eigenvalue weighted by Crippen LogP contribution is -2.63. The van der Waals surface area contributed by atoms with Crippen molar-refractivity contribution in [2.45, 2.75) is 109 Å². The molecule has 0 radical (unpaired) electrons. The second-order valence-electron chi connectivity index (χ2n) is 14.8. The summed E-state index contributed by atoms with van der Waals surface area (Å²) < 4.78 is 119. The Morgan fingerprint density at radius 3 is 2.16 bits per heavy atom. The van der Waals surface area contributed by atoms with Crippen molar-refractivity contribution in [3.63, 3.8) is 0 Å². The van der Waals surface area contributed by atoms with Gasteiger partial charge in [0.05, 0.1) is 6.61 Å². The molecule has 8 atom stereocenters. The molecule has 278 valence electrons. The zero-order chi connectivity index (χ0) is 37.0. The summed E-state index contributed by atoms with van der Waals surface area (Å²) in [5.74, 6) is -6.30. The fraction of sp³-hybridized carbons (Fsp3) is 0.844. The van der Waals surface area contributed by atoms with E-state index in [1.54, 1.807) is 0 Å². The van der Waals surface area contributed by atoms with Crippen molar-refractivity contribution in [3.8, 4) is 0 Å². The van der Waals surface area contributed by atoms with Crippen molar-refractivity contribution < 1.29 is 72.8 Å². The van der Waals surface area contributed by atoms with Crippen molar-refractivity contribution in [1.82, 2.24) is 0 Å². The van der Waals surface area contributed by atoms with Gasteiger partial charge in [0.1, 0.15) is 23.1 Å². The molecule has 4 fully saturated rings. The number of fused-ring (bicyclic) bond motifs is 5. The summed E-state index contributed by atoms with van der Waals surface area (Å²) in [5.41, 5.74) is -6.53. The van der Waals surface area contributed by atoms with Gasteiger partial charge >= 0.3 is 29.9 Å². The first-order valence-electron chi connectivity index (χ1n) is 16.4. The van der Waals surface area contributed by atoms with Gasteiger partial charge in [0, 0.05) is 49.9 Å². The second-order valence-corrected chi connectivity index (χ2v) is 16.3. The fourth-order valence-corrected chi connectivity index (χ4v) is 10.3. The van der Waals surface area contributed by atoms with Crippen molar-refractivity contribution in [1.29, 1.82) is 0 Å². The molecule has 17 heteroatoms. The molecule has 0 amide bonds. The Kier molecular flexibility index (Phi) is 10.8. The van der Waals surface area contributed by atoms with Crippen LogP contribution in [0.25, 0.3) is 0 Å². The predicted octanol–water partition coefficient (Wildman–Crippen LogP) is 5.61. The molecule has 0 aromatic heterocycles. The molecular formula is C32H42F6O10S. The van der Waals surface area contributed by atoms with Gasteiger partial charge in [-0.3, -0.25) is 28.5 Å². The van der Waals surface area contributed by atoms with E-state index in [0.717, 1.165) is 0 Å². The third-order valence-electron chi connectivity index (χ3n) is 12.1. The number of Topliss-reactive ketones (excluding diaryl/α,β-unsaturated/α-hetero) is 3. The summed E-state index contributed by atoms with van der Waals surface area (Å²) in [6.07, 6.45) is -10.9. The van der Waals surface area contributed by atoms with Gasteiger partial charge in [0.25, 0.3) is 10.1 Å². The molecule has 4 rings (SSSR count). The number of halogens is 6. The van der Waals surface area contributed by atoms with Crippen LogP contribution >= 0.6 is 0 Å². The minimum absolute atomic E-state index is 0.0501. The smallest absolute Gasteiger partial charge is 0.438 e. The molecule has 0 aliphatic heterocycles. The third kappa shape index (κ3) is 7.43.